The van der Waals surface area contributed by atoms with Crippen molar-refractivity contribution in [1.82, 2.24) is 19.9 Å². The summed E-state index contributed by atoms with van der Waals surface area (Å²) >= 11 is 3.49. The van der Waals surface area contributed by atoms with Crippen LogP contribution in [0.15, 0.2) is 59.3 Å². The van der Waals surface area contributed by atoms with E-state index in [-0.39, 0.29) is 19.1 Å². The standard InChI is InChI=1S/C26H25BrN4O4/c1-4-20-9-10-22-23(18-11-19(27)14-28-13-18)24(21(15-34-2)30-31(20)22)25(32)29-12-16-5-7-17(8-6-16)26(33)35-3/h5-11,13-14H,4,12,15H2,1-3H3,(H,29,32). The number of aromatic nitrogens is 3. The van der Waals surface area contributed by atoms with Gasteiger partial charge < -0.3 is 14.8 Å². The van der Waals surface area contributed by atoms with Crippen molar-refractivity contribution >= 4 is 33.3 Å². The van der Waals surface area contributed by atoms with Crippen molar-refractivity contribution in [2.24, 2.45) is 0 Å². The average Bonchev–Trinajstić information content (AvgIpc) is 3.29. The highest BCUT2D eigenvalue weighted by Gasteiger charge is 2.24. The quantitative estimate of drug-likeness (QED) is 0.331. The van der Waals surface area contributed by atoms with Gasteiger partial charge in [-0.1, -0.05) is 19.1 Å². The molecule has 0 bridgehead atoms. The largest absolute Gasteiger partial charge is 0.465 e. The molecule has 0 aliphatic carbocycles. The number of carbonyl (C=O) groups is 2. The van der Waals surface area contributed by atoms with Gasteiger partial charge in [-0.3, -0.25) is 9.78 Å². The first kappa shape index (κ1) is 24.6. The summed E-state index contributed by atoms with van der Waals surface area (Å²) in [5.41, 5.74) is 5.62. The molecular weight excluding hydrogens is 512 g/mol. The summed E-state index contributed by atoms with van der Waals surface area (Å²) in [4.78, 5) is 29.6. The second-order valence-corrected chi connectivity index (χ2v) is 8.78. The van der Waals surface area contributed by atoms with E-state index in [0.29, 0.717) is 16.8 Å². The number of carbonyl (C=O) groups excluding carboxylic acids is 2. The minimum absolute atomic E-state index is 0.169. The number of ether oxygens (including phenoxy) is 2. The first-order valence-corrected chi connectivity index (χ1v) is 11.8. The lowest BCUT2D eigenvalue weighted by Crippen LogP contribution is -2.26. The zero-order valence-corrected chi connectivity index (χ0v) is 21.3. The first-order valence-electron chi connectivity index (χ1n) is 11.1. The number of methoxy groups -OCH3 is 2. The molecule has 0 aliphatic heterocycles. The van der Waals surface area contributed by atoms with Gasteiger partial charge in [-0.15, -0.1) is 0 Å². The predicted molar refractivity (Wildman–Crippen MR) is 135 cm³/mol. The molecule has 0 saturated heterocycles. The number of amides is 1. The summed E-state index contributed by atoms with van der Waals surface area (Å²) in [5.74, 6) is -0.687. The number of rotatable bonds is 8. The Hall–Kier alpha value is -3.56. The minimum atomic E-state index is -0.407. The molecule has 35 heavy (non-hydrogen) atoms. The Morgan fingerprint density at radius 3 is 2.51 bits per heavy atom. The highest BCUT2D eigenvalue weighted by atomic mass is 79.9. The molecule has 0 aliphatic rings. The van der Waals surface area contributed by atoms with Gasteiger partial charge in [0.25, 0.3) is 5.91 Å². The predicted octanol–water partition coefficient (Wildman–Crippen LogP) is 4.58. The fourth-order valence-electron chi connectivity index (χ4n) is 3.96. The summed E-state index contributed by atoms with van der Waals surface area (Å²) in [6.45, 7) is 2.50. The van der Waals surface area contributed by atoms with Crippen molar-refractivity contribution in [3.8, 4) is 11.1 Å². The smallest absolute Gasteiger partial charge is 0.337 e. The molecule has 0 saturated carbocycles. The monoisotopic (exact) mass is 536 g/mol. The van der Waals surface area contributed by atoms with Gasteiger partial charge in [0.2, 0.25) is 0 Å². The van der Waals surface area contributed by atoms with Crippen LogP contribution in [0.25, 0.3) is 16.6 Å². The van der Waals surface area contributed by atoms with E-state index in [4.69, 9.17) is 14.6 Å². The number of esters is 1. The van der Waals surface area contributed by atoms with Gasteiger partial charge >= 0.3 is 5.97 Å². The highest BCUT2D eigenvalue weighted by Crippen LogP contribution is 2.33. The zero-order chi connectivity index (χ0) is 24.9. The van der Waals surface area contributed by atoms with Crippen LogP contribution >= 0.6 is 15.9 Å². The van der Waals surface area contributed by atoms with E-state index in [1.54, 1.807) is 43.8 Å². The van der Waals surface area contributed by atoms with Gasteiger partial charge in [-0.2, -0.15) is 5.10 Å². The molecule has 8 nitrogen and oxygen atoms in total. The molecule has 0 radical (unpaired) electrons. The van der Waals surface area contributed by atoms with Crippen LogP contribution in [0.4, 0.5) is 0 Å². The number of benzene rings is 1. The van der Waals surface area contributed by atoms with Crippen molar-refractivity contribution in [3.05, 3.63) is 87.4 Å². The maximum absolute atomic E-state index is 13.6. The molecule has 180 valence electrons. The molecular formula is C26H25BrN4O4. The van der Waals surface area contributed by atoms with Crippen molar-refractivity contribution in [2.45, 2.75) is 26.5 Å². The third-order valence-corrected chi connectivity index (χ3v) is 6.07. The molecule has 0 atom stereocenters. The number of pyridine rings is 1. The van der Waals surface area contributed by atoms with Crippen LogP contribution in [-0.2, 0) is 29.0 Å². The summed E-state index contributed by atoms with van der Waals surface area (Å²) in [5, 5.41) is 7.76. The Balaban J connectivity index is 1.77. The molecule has 4 aromatic rings. The molecule has 0 fully saturated rings. The molecule has 0 unspecified atom stereocenters. The van der Waals surface area contributed by atoms with Crippen LogP contribution in [0.5, 0.6) is 0 Å². The van der Waals surface area contributed by atoms with Crippen LogP contribution in [0.2, 0.25) is 0 Å². The number of halogens is 1. The Labute approximate surface area is 211 Å². The van der Waals surface area contributed by atoms with Crippen LogP contribution < -0.4 is 5.32 Å². The summed E-state index contributed by atoms with van der Waals surface area (Å²) < 4.78 is 12.8. The summed E-state index contributed by atoms with van der Waals surface area (Å²) in [7, 11) is 2.92. The zero-order valence-electron chi connectivity index (χ0n) is 19.7. The Kier molecular flexibility index (Phi) is 7.57. The van der Waals surface area contributed by atoms with Gasteiger partial charge in [-0.05, 0) is 58.2 Å². The topological polar surface area (TPSA) is 94.8 Å². The fourth-order valence-corrected chi connectivity index (χ4v) is 4.32. The van der Waals surface area contributed by atoms with Crippen molar-refractivity contribution < 1.29 is 19.1 Å². The first-order chi connectivity index (χ1) is 17.0. The molecule has 1 aromatic carbocycles. The number of hydrogen-bond acceptors (Lipinski definition) is 6. The molecule has 1 amide bonds. The Morgan fingerprint density at radius 1 is 1.09 bits per heavy atom. The third-order valence-electron chi connectivity index (χ3n) is 5.64. The van der Waals surface area contributed by atoms with Gasteiger partial charge in [0.05, 0.1) is 30.4 Å². The van der Waals surface area contributed by atoms with Crippen LogP contribution in [0.3, 0.4) is 0 Å². The third kappa shape index (κ3) is 5.11. The van der Waals surface area contributed by atoms with Crippen LogP contribution in [-0.4, -0.2) is 40.7 Å². The minimum Gasteiger partial charge on any atom is -0.465 e. The van der Waals surface area contributed by atoms with Crippen molar-refractivity contribution in [3.63, 3.8) is 0 Å². The van der Waals surface area contributed by atoms with Gasteiger partial charge in [0, 0.05) is 47.3 Å². The second-order valence-electron chi connectivity index (χ2n) is 7.87. The molecule has 9 heteroatoms. The number of nitrogens with one attached hydrogen (secondary N) is 1. The van der Waals surface area contributed by atoms with E-state index >= 15 is 0 Å². The number of aryl methyl sites for hydroxylation is 1. The lowest BCUT2D eigenvalue weighted by atomic mass is 9.99. The van der Waals surface area contributed by atoms with Gasteiger partial charge in [-0.25, -0.2) is 9.31 Å². The maximum atomic E-state index is 13.6. The van der Waals surface area contributed by atoms with Gasteiger partial charge in [0.15, 0.2) is 0 Å². The number of fused-ring (bicyclic) bond motifs is 1. The molecule has 3 heterocycles. The van der Waals surface area contributed by atoms with E-state index in [1.165, 1.54) is 7.11 Å². The van der Waals surface area contributed by atoms with Crippen LogP contribution in [0.1, 0.15) is 44.6 Å². The maximum Gasteiger partial charge on any atom is 0.337 e. The normalized spacial score (nSPS) is 11.0. The number of hydrogen-bond donors (Lipinski definition) is 1. The van der Waals surface area contributed by atoms with E-state index in [0.717, 1.165) is 38.8 Å². The summed E-state index contributed by atoms with van der Waals surface area (Å²) in [6.07, 6.45) is 4.22. The fraction of sp³-hybridized carbons (Fsp3) is 0.231. The van der Waals surface area contributed by atoms with Crippen molar-refractivity contribution in [2.75, 3.05) is 14.2 Å². The summed E-state index contributed by atoms with van der Waals surface area (Å²) in [6, 6.07) is 12.8. The molecule has 4 rings (SSSR count). The Bertz CT molecular complexity index is 1380. The molecule has 1 N–H and O–H groups in total. The van der Waals surface area contributed by atoms with E-state index in [2.05, 4.69) is 33.2 Å². The van der Waals surface area contributed by atoms with E-state index < -0.39 is 5.97 Å². The van der Waals surface area contributed by atoms with E-state index in [1.807, 2.05) is 22.7 Å². The SMILES string of the molecule is CCc1ccc2c(-c3cncc(Br)c3)c(C(=O)NCc3ccc(C(=O)OC)cc3)c(COC)nn12. The lowest BCUT2D eigenvalue weighted by molar-refractivity contribution is 0.0600. The van der Waals surface area contributed by atoms with E-state index in [9.17, 15) is 9.59 Å². The molecule has 3 aromatic heterocycles. The lowest BCUT2D eigenvalue weighted by Gasteiger charge is -2.17. The second kappa shape index (κ2) is 10.8. The average molecular weight is 537 g/mol. The highest BCUT2D eigenvalue weighted by molar-refractivity contribution is 9.10. The number of nitrogens with zero attached hydrogens (tertiary/aromatic N) is 3. The molecule has 0 spiro atoms. The Morgan fingerprint density at radius 2 is 1.86 bits per heavy atom. The van der Waals surface area contributed by atoms with Gasteiger partial charge in [0.1, 0.15) is 5.69 Å². The van der Waals surface area contributed by atoms with Crippen molar-refractivity contribution in [1.29, 1.82) is 0 Å². The van der Waals surface area contributed by atoms with Crippen LogP contribution in [0, 0.1) is 0 Å².